The number of hydrogen-bond acceptors (Lipinski definition) is 5. The molecule has 0 unspecified atom stereocenters. The molecule has 0 aliphatic heterocycles. The van der Waals surface area contributed by atoms with Gasteiger partial charge in [-0.15, -0.1) is 11.3 Å². The minimum atomic E-state index is 0.463. The van der Waals surface area contributed by atoms with E-state index in [-0.39, 0.29) is 0 Å². The molecule has 5 heteroatoms. The van der Waals surface area contributed by atoms with Crippen LogP contribution in [-0.2, 0) is 0 Å². The lowest BCUT2D eigenvalue weighted by Gasteiger charge is -2.05. The molecule has 120 valence electrons. The highest BCUT2D eigenvalue weighted by molar-refractivity contribution is 7.14. The van der Waals surface area contributed by atoms with Gasteiger partial charge in [-0.25, -0.2) is 4.98 Å². The third kappa shape index (κ3) is 4.08. The second-order valence-corrected chi connectivity index (χ2v) is 5.77. The summed E-state index contributed by atoms with van der Waals surface area (Å²) in [5.74, 6) is 0.770. The Kier molecular flexibility index (Phi) is 5.37. The second kappa shape index (κ2) is 8.08. The molecule has 4 nitrogen and oxygen atoms in total. The van der Waals surface area contributed by atoms with Crippen molar-refractivity contribution in [2.45, 2.75) is 0 Å². The Morgan fingerprint density at radius 1 is 1.12 bits per heavy atom. The summed E-state index contributed by atoms with van der Waals surface area (Å²) in [6.45, 7) is 4.12. The van der Waals surface area contributed by atoms with Crippen LogP contribution in [0, 0.1) is 0 Å². The van der Waals surface area contributed by atoms with Crippen LogP contribution in [-0.4, -0.2) is 17.8 Å². The summed E-state index contributed by atoms with van der Waals surface area (Å²) in [6.07, 6.45) is 3.44. The molecule has 1 heterocycles. The van der Waals surface area contributed by atoms with Crippen molar-refractivity contribution >= 4 is 22.7 Å². The minimum Gasteiger partial charge on any atom is -0.489 e. The van der Waals surface area contributed by atoms with Crippen molar-refractivity contribution in [3.63, 3.8) is 0 Å². The van der Waals surface area contributed by atoms with Crippen molar-refractivity contribution in [3.8, 4) is 17.0 Å². The zero-order chi connectivity index (χ0) is 16.6. The van der Waals surface area contributed by atoms with Crippen LogP contribution in [0.1, 0.15) is 5.56 Å². The van der Waals surface area contributed by atoms with Gasteiger partial charge in [0.2, 0.25) is 5.13 Å². The Labute approximate surface area is 145 Å². The number of thiazole rings is 1. The van der Waals surface area contributed by atoms with Gasteiger partial charge in [0.05, 0.1) is 11.9 Å². The maximum Gasteiger partial charge on any atom is 0.203 e. The van der Waals surface area contributed by atoms with E-state index in [0.717, 1.165) is 27.7 Å². The van der Waals surface area contributed by atoms with E-state index in [1.165, 1.54) is 11.3 Å². The minimum absolute atomic E-state index is 0.463. The largest absolute Gasteiger partial charge is 0.489 e. The van der Waals surface area contributed by atoms with Crippen molar-refractivity contribution in [2.24, 2.45) is 5.10 Å². The topological polar surface area (TPSA) is 46.5 Å². The van der Waals surface area contributed by atoms with Crippen LogP contribution in [0.2, 0.25) is 0 Å². The number of ether oxygens (including phenoxy) is 1. The highest BCUT2D eigenvalue weighted by atomic mass is 32.1. The number of hydrogen-bond donors (Lipinski definition) is 1. The molecule has 0 saturated heterocycles. The summed E-state index contributed by atoms with van der Waals surface area (Å²) >= 11 is 1.52. The summed E-state index contributed by atoms with van der Waals surface area (Å²) in [6, 6.07) is 17.8. The third-order valence-electron chi connectivity index (χ3n) is 3.21. The standard InChI is InChI=1S/C19H17N3OS/c1-2-12-23-18-11-7-6-10-16(18)13-20-22-19-21-17(14-24-19)15-8-4-3-5-9-15/h2-11,13-14H,1,12H2,(H,21,22). The van der Waals surface area contributed by atoms with Crippen molar-refractivity contribution in [3.05, 3.63) is 78.2 Å². The van der Waals surface area contributed by atoms with E-state index >= 15 is 0 Å². The lowest BCUT2D eigenvalue weighted by molar-refractivity contribution is 0.363. The molecule has 1 N–H and O–H groups in total. The predicted octanol–water partition coefficient (Wildman–Crippen LogP) is 4.82. The van der Waals surface area contributed by atoms with E-state index in [9.17, 15) is 0 Å². The van der Waals surface area contributed by atoms with Gasteiger partial charge in [-0.05, 0) is 12.1 Å². The maximum absolute atomic E-state index is 5.60. The summed E-state index contributed by atoms with van der Waals surface area (Å²) in [5, 5.41) is 7.01. The fraction of sp³-hybridized carbons (Fsp3) is 0.0526. The third-order valence-corrected chi connectivity index (χ3v) is 3.96. The first-order valence-corrected chi connectivity index (χ1v) is 8.37. The number of rotatable bonds is 7. The highest BCUT2D eigenvalue weighted by Crippen LogP contribution is 2.24. The van der Waals surface area contributed by atoms with Crippen LogP contribution in [0.4, 0.5) is 5.13 Å². The number of para-hydroxylation sites is 1. The average molecular weight is 335 g/mol. The number of aromatic nitrogens is 1. The number of nitrogens with zero attached hydrogens (tertiary/aromatic N) is 2. The van der Waals surface area contributed by atoms with E-state index in [4.69, 9.17) is 4.74 Å². The van der Waals surface area contributed by atoms with Crippen molar-refractivity contribution in [1.82, 2.24) is 4.98 Å². The van der Waals surface area contributed by atoms with Crippen LogP contribution in [0.25, 0.3) is 11.3 Å². The lowest BCUT2D eigenvalue weighted by Crippen LogP contribution is -1.97. The molecule has 0 amide bonds. The van der Waals surface area contributed by atoms with E-state index in [2.05, 4.69) is 22.1 Å². The molecule has 24 heavy (non-hydrogen) atoms. The van der Waals surface area contributed by atoms with Gasteiger partial charge in [0, 0.05) is 16.5 Å². The van der Waals surface area contributed by atoms with Crippen molar-refractivity contribution in [1.29, 1.82) is 0 Å². The maximum atomic E-state index is 5.60. The van der Waals surface area contributed by atoms with Crippen molar-refractivity contribution < 1.29 is 4.74 Å². The molecule has 0 saturated carbocycles. The van der Waals surface area contributed by atoms with Gasteiger partial charge >= 0.3 is 0 Å². The zero-order valence-corrected chi connectivity index (χ0v) is 13.9. The molecule has 3 rings (SSSR count). The van der Waals surface area contributed by atoms with Gasteiger partial charge in [-0.3, -0.25) is 5.43 Å². The van der Waals surface area contributed by atoms with E-state index < -0.39 is 0 Å². The van der Waals surface area contributed by atoms with Gasteiger partial charge in [0.25, 0.3) is 0 Å². The first kappa shape index (κ1) is 16.0. The molecule has 0 radical (unpaired) electrons. The quantitative estimate of drug-likeness (QED) is 0.382. The Balaban J connectivity index is 1.67. The molecule has 0 spiro atoms. The second-order valence-electron chi connectivity index (χ2n) is 4.91. The number of benzene rings is 2. The summed E-state index contributed by atoms with van der Waals surface area (Å²) < 4.78 is 5.60. The molecule has 1 aromatic heterocycles. The first-order valence-electron chi connectivity index (χ1n) is 7.49. The predicted molar refractivity (Wildman–Crippen MR) is 101 cm³/mol. The van der Waals surface area contributed by atoms with Crippen LogP contribution in [0.15, 0.2) is 77.7 Å². The summed E-state index contributed by atoms with van der Waals surface area (Å²) in [7, 11) is 0. The number of anilines is 1. The van der Waals surface area contributed by atoms with E-state index in [0.29, 0.717) is 6.61 Å². The fourth-order valence-electron chi connectivity index (χ4n) is 2.09. The van der Waals surface area contributed by atoms with Gasteiger partial charge in [0.1, 0.15) is 12.4 Å². The van der Waals surface area contributed by atoms with Crippen LogP contribution >= 0.6 is 11.3 Å². The summed E-state index contributed by atoms with van der Waals surface area (Å²) in [5.41, 5.74) is 5.89. The number of nitrogens with one attached hydrogen (secondary N) is 1. The van der Waals surface area contributed by atoms with E-state index in [1.807, 2.05) is 60.0 Å². The van der Waals surface area contributed by atoms with E-state index in [1.54, 1.807) is 12.3 Å². The van der Waals surface area contributed by atoms with Gasteiger partial charge < -0.3 is 4.74 Å². The van der Waals surface area contributed by atoms with Gasteiger partial charge in [0.15, 0.2) is 0 Å². The fourth-order valence-corrected chi connectivity index (χ4v) is 2.76. The molecule has 0 aliphatic rings. The Hall–Kier alpha value is -2.92. The Morgan fingerprint density at radius 2 is 1.92 bits per heavy atom. The van der Waals surface area contributed by atoms with Crippen LogP contribution < -0.4 is 10.2 Å². The Morgan fingerprint density at radius 3 is 2.75 bits per heavy atom. The smallest absolute Gasteiger partial charge is 0.203 e. The molecular weight excluding hydrogens is 318 g/mol. The number of hydrazone groups is 1. The van der Waals surface area contributed by atoms with Crippen molar-refractivity contribution in [2.75, 3.05) is 12.0 Å². The molecule has 0 bridgehead atoms. The SMILES string of the molecule is C=CCOc1ccccc1C=NNc1nc(-c2ccccc2)cs1. The molecular formula is C19H17N3OS. The normalized spacial score (nSPS) is 10.7. The molecule has 0 atom stereocenters. The highest BCUT2D eigenvalue weighted by Gasteiger charge is 2.03. The molecule has 0 aliphatic carbocycles. The lowest BCUT2D eigenvalue weighted by atomic mass is 10.2. The van der Waals surface area contributed by atoms with Gasteiger partial charge in [-0.1, -0.05) is 55.1 Å². The first-order chi connectivity index (χ1) is 11.9. The Bertz CT molecular complexity index is 827. The van der Waals surface area contributed by atoms with Gasteiger partial charge in [-0.2, -0.15) is 5.10 Å². The monoisotopic (exact) mass is 335 g/mol. The molecule has 3 aromatic rings. The molecule has 0 fully saturated rings. The zero-order valence-electron chi connectivity index (χ0n) is 13.1. The summed E-state index contributed by atoms with van der Waals surface area (Å²) in [4.78, 5) is 4.53. The van der Waals surface area contributed by atoms with Crippen LogP contribution in [0.5, 0.6) is 5.75 Å². The average Bonchev–Trinajstić information content (AvgIpc) is 3.10. The molecule has 2 aromatic carbocycles. The van der Waals surface area contributed by atoms with Crippen LogP contribution in [0.3, 0.4) is 0 Å².